The zero-order valence-electron chi connectivity index (χ0n) is 27.8. The molecule has 7 nitrogen and oxygen atoms in total. The highest BCUT2D eigenvalue weighted by atomic mass is 32.2. The molecule has 0 bridgehead atoms. The van der Waals surface area contributed by atoms with Crippen molar-refractivity contribution in [1.82, 2.24) is 10.3 Å². The summed E-state index contributed by atoms with van der Waals surface area (Å²) in [5.41, 5.74) is 4.83. The van der Waals surface area contributed by atoms with Crippen LogP contribution in [0.3, 0.4) is 0 Å². The number of hydrogen-bond acceptors (Lipinski definition) is 6. The summed E-state index contributed by atoms with van der Waals surface area (Å²) in [6, 6.07) is 38.3. The second-order valence-electron chi connectivity index (χ2n) is 12.0. The summed E-state index contributed by atoms with van der Waals surface area (Å²) in [6.45, 7) is 6.06. The van der Waals surface area contributed by atoms with E-state index in [9.17, 15) is 14.4 Å². The summed E-state index contributed by atoms with van der Waals surface area (Å²) in [5.74, 6) is -0.671. The first-order valence-corrected chi connectivity index (χ1v) is 18.0. The number of aromatic nitrogens is 1. The molecule has 0 aliphatic rings. The molecule has 3 amide bonds. The maximum absolute atomic E-state index is 13.6. The number of carbonyl (C=O) groups is 3. The van der Waals surface area contributed by atoms with E-state index in [0.29, 0.717) is 22.3 Å². The van der Waals surface area contributed by atoms with Crippen molar-refractivity contribution in [3.8, 4) is 11.3 Å². The number of rotatable bonds is 11. The van der Waals surface area contributed by atoms with Crippen molar-refractivity contribution in [2.24, 2.45) is 0 Å². The molecule has 50 heavy (non-hydrogen) atoms. The van der Waals surface area contributed by atoms with Gasteiger partial charge < -0.3 is 16.0 Å². The second-order valence-corrected chi connectivity index (χ2v) is 14.3. The van der Waals surface area contributed by atoms with Crippen LogP contribution in [0, 0.1) is 0 Å². The summed E-state index contributed by atoms with van der Waals surface area (Å²) < 4.78 is 0. The Morgan fingerprint density at radius 1 is 0.760 bits per heavy atom. The van der Waals surface area contributed by atoms with Gasteiger partial charge in [-0.25, -0.2) is 4.98 Å². The Morgan fingerprint density at radius 2 is 1.50 bits per heavy atom. The van der Waals surface area contributed by atoms with Crippen LogP contribution in [-0.2, 0) is 9.59 Å². The van der Waals surface area contributed by atoms with Crippen molar-refractivity contribution in [2.75, 3.05) is 10.6 Å². The van der Waals surface area contributed by atoms with E-state index in [1.165, 1.54) is 28.7 Å². The Kier molecular flexibility index (Phi) is 10.9. The molecule has 0 fully saturated rings. The minimum Gasteiger partial charge on any atom is -0.321 e. The second kappa shape index (κ2) is 15.8. The lowest BCUT2D eigenvalue weighted by atomic mass is 10.0. The number of nitrogens with one attached hydrogen (secondary N) is 3. The van der Waals surface area contributed by atoms with E-state index >= 15 is 0 Å². The molecule has 0 spiro atoms. The van der Waals surface area contributed by atoms with Crippen LogP contribution in [0.5, 0.6) is 0 Å². The van der Waals surface area contributed by atoms with E-state index in [0.717, 1.165) is 32.5 Å². The quantitative estimate of drug-likeness (QED) is 0.0926. The van der Waals surface area contributed by atoms with Crippen LogP contribution < -0.4 is 16.0 Å². The van der Waals surface area contributed by atoms with Gasteiger partial charge in [0, 0.05) is 27.1 Å². The van der Waals surface area contributed by atoms with Gasteiger partial charge in [-0.05, 0) is 77.2 Å². The molecule has 5 aromatic carbocycles. The van der Waals surface area contributed by atoms with Gasteiger partial charge in [-0.1, -0.05) is 98.8 Å². The van der Waals surface area contributed by atoms with Crippen molar-refractivity contribution in [1.29, 1.82) is 0 Å². The average Bonchev–Trinajstić information content (AvgIpc) is 3.60. The van der Waals surface area contributed by atoms with Gasteiger partial charge in [0.25, 0.3) is 11.8 Å². The molecule has 0 saturated heterocycles. The molecule has 1 atom stereocenters. The highest BCUT2D eigenvalue weighted by Gasteiger charge is 2.19. The van der Waals surface area contributed by atoms with Crippen LogP contribution >= 0.6 is 23.1 Å². The first-order chi connectivity index (χ1) is 24.2. The fraction of sp³-hybridized carbons (Fsp3) is 0.122. The minimum absolute atomic E-state index is 0.105. The standard InChI is InChI=1S/C41H36N4O3S2/c1-26(2)29-18-16-28(17-19-29)22-36(43-39(47)31-11-5-4-6-12-31)40(48)42-34-14-9-15-35(24-34)50-27(3)38(46)45-41-44-37(25-49-41)33-21-20-30-10-7-8-13-32(30)23-33/h4-27H,1-3H3,(H,42,48)(H,43,47)(H,44,45,46)/b36-22+. The number of carbonyl (C=O) groups excluding carboxylic acids is 3. The van der Waals surface area contributed by atoms with Gasteiger partial charge >= 0.3 is 0 Å². The monoisotopic (exact) mass is 696 g/mol. The van der Waals surface area contributed by atoms with Crippen LogP contribution in [0.15, 0.2) is 137 Å². The number of anilines is 2. The Balaban J connectivity index is 1.12. The molecule has 1 unspecified atom stereocenters. The van der Waals surface area contributed by atoms with Crippen LogP contribution in [0.4, 0.5) is 10.8 Å². The molecule has 0 aliphatic heterocycles. The van der Waals surface area contributed by atoms with Gasteiger partial charge in [0.2, 0.25) is 5.91 Å². The highest BCUT2D eigenvalue weighted by molar-refractivity contribution is 8.00. The number of fused-ring (bicyclic) bond motifs is 1. The van der Waals surface area contributed by atoms with Crippen molar-refractivity contribution in [3.63, 3.8) is 0 Å². The maximum Gasteiger partial charge on any atom is 0.272 e. The predicted molar refractivity (Wildman–Crippen MR) is 206 cm³/mol. The van der Waals surface area contributed by atoms with Gasteiger partial charge in [0.1, 0.15) is 5.70 Å². The van der Waals surface area contributed by atoms with E-state index in [1.54, 1.807) is 36.4 Å². The fourth-order valence-electron chi connectivity index (χ4n) is 5.21. The summed E-state index contributed by atoms with van der Waals surface area (Å²) >= 11 is 2.75. The Morgan fingerprint density at radius 3 is 2.26 bits per heavy atom. The van der Waals surface area contributed by atoms with Gasteiger partial charge in [0.05, 0.1) is 10.9 Å². The average molecular weight is 697 g/mol. The summed E-state index contributed by atoms with van der Waals surface area (Å²) in [6.07, 6.45) is 1.66. The summed E-state index contributed by atoms with van der Waals surface area (Å²) in [7, 11) is 0. The predicted octanol–water partition coefficient (Wildman–Crippen LogP) is 9.62. The molecule has 250 valence electrons. The summed E-state index contributed by atoms with van der Waals surface area (Å²) in [4.78, 5) is 45.3. The third-order valence-electron chi connectivity index (χ3n) is 8.00. The first-order valence-electron chi connectivity index (χ1n) is 16.2. The van der Waals surface area contributed by atoms with E-state index in [2.05, 4.69) is 59.0 Å². The number of amides is 3. The molecule has 1 aromatic heterocycles. The fourth-order valence-corrected chi connectivity index (χ4v) is 6.86. The van der Waals surface area contributed by atoms with Crippen LogP contribution in [0.2, 0.25) is 0 Å². The number of nitrogens with zero attached hydrogens (tertiary/aromatic N) is 1. The minimum atomic E-state index is -0.471. The van der Waals surface area contributed by atoms with Crippen LogP contribution in [0.1, 0.15) is 48.2 Å². The molecule has 0 radical (unpaired) electrons. The van der Waals surface area contributed by atoms with Gasteiger partial charge in [0.15, 0.2) is 5.13 Å². The van der Waals surface area contributed by atoms with Crippen LogP contribution in [-0.4, -0.2) is 28.0 Å². The van der Waals surface area contributed by atoms with Crippen LogP contribution in [0.25, 0.3) is 28.1 Å². The molecule has 3 N–H and O–H groups in total. The number of benzene rings is 5. The summed E-state index contributed by atoms with van der Waals surface area (Å²) in [5, 5.41) is 13.0. The van der Waals surface area contributed by atoms with E-state index in [1.807, 2.05) is 79.0 Å². The lowest BCUT2D eigenvalue weighted by Gasteiger charge is -2.14. The van der Waals surface area contributed by atoms with Gasteiger partial charge in [-0.3, -0.25) is 14.4 Å². The van der Waals surface area contributed by atoms with E-state index in [4.69, 9.17) is 0 Å². The van der Waals surface area contributed by atoms with E-state index < -0.39 is 11.2 Å². The van der Waals surface area contributed by atoms with Crippen molar-refractivity contribution >= 4 is 68.5 Å². The van der Waals surface area contributed by atoms with E-state index in [-0.39, 0.29) is 17.5 Å². The molecule has 6 rings (SSSR count). The molecule has 0 aliphatic carbocycles. The third-order valence-corrected chi connectivity index (χ3v) is 9.85. The Bertz CT molecular complexity index is 2180. The zero-order valence-corrected chi connectivity index (χ0v) is 29.5. The van der Waals surface area contributed by atoms with Gasteiger partial charge in [-0.2, -0.15) is 0 Å². The SMILES string of the molecule is CC(Sc1cccc(NC(=O)/C(=C\c2ccc(C(C)C)cc2)NC(=O)c2ccccc2)c1)C(=O)Nc1nc(-c2ccc3ccccc3c2)cs1. The molecule has 6 aromatic rings. The lowest BCUT2D eigenvalue weighted by Crippen LogP contribution is -2.30. The first kappa shape index (κ1) is 34.4. The molecular formula is C41H36N4O3S2. The number of hydrogen-bond donors (Lipinski definition) is 3. The third kappa shape index (κ3) is 8.74. The normalized spacial score (nSPS) is 12.0. The van der Waals surface area contributed by atoms with Crippen molar-refractivity contribution < 1.29 is 14.4 Å². The Labute approximate surface area is 299 Å². The van der Waals surface area contributed by atoms with Gasteiger partial charge in [-0.15, -0.1) is 23.1 Å². The number of thiazole rings is 1. The molecule has 9 heteroatoms. The largest absolute Gasteiger partial charge is 0.321 e. The number of thioether (sulfide) groups is 1. The maximum atomic E-state index is 13.6. The van der Waals surface area contributed by atoms with Crippen molar-refractivity contribution in [2.45, 2.75) is 36.8 Å². The zero-order chi connectivity index (χ0) is 35.0. The topological polar surface area (TPSA) is 100 Å². The molecule has 0 saturated carbocycles. The lowest BCUT2D eigenvalue weighted by molar-refractivity contribution is -0.115. The molecular weight excluding hydrogens is 661 g/mol. The smallest absolute Gasteiger partial charge is 0.272 e. The Hall–Kier alpha value is -5.51. The molecule has 1 heterocycles. The van der Waals surface area contributed by atoms with Crippen molar-refractivity contribution in [3.05, 3.63) is 149 Å². The highest BCUT2D eigenvalue weighted by Crippen LogP contribution is 2.30.